The minimum absolute atomic E-state index is 0.137. The predicted molar refractivity (Wildman–Crippen MR) is 75.2 cm³/mol. The van der Waals surface area contributed by atoms with Gasteiger partial charge in [0.05, 0.1) is 5.75 Å². The molecular weight excluding hydrogens is 250 g/mol. The van der Waals surface area contributed by atoms with E-state index < -0.39 is 10.0 Å². The van der Waals surface area contributed by atoms with E-state index >= 15 is 0 Å². The summed E-state index contributed by atoms with van der Waals surface area (Å²) in [5, 5.41) is 2.96. The Bertz CT molecular complexity index is 311. The molecule has 1 aliphatic heterocycles. The molecule has 0 unspecified atom stereocenters. The van der Waals surface area contributed by atoms with Crippen LogP contribution in [0.25, 0.3) is 0 Å². The molecule has 0 saturated carbocycles. The van der Waals surface area contributed by atoms with Gasteiger partial charge in [0.15, 0.2) is 0 Å². The van der Waals surface area contributed by atoms with E-state index in [0.29, 0.717) is 6.42 Å². The molecule has 0 radical (unpaired) electrons. The Morgan fingerprint density at radius 1 is 1.28 bits per heavy atom. The summed E-state index contributed by atoms with van der Waals surface area (Å²) in [6.07, 6.45) is 3.71. The van der Waals surface area contributed by atoms with Crippen molar-refractivity contribution in [1.82, 2.24) is 14.9 Å². The van der Waals surface area contributed by atoms with Gasteiger partial charge in [0.25, 0.3) is 0 Å². The lowest BCUT2D eigenvalue weighted by Crippen LogP contribution is -2.45. The lowest BCUT2D eigenvalue weighted by molar-refractivity contribution is 0.208. The normalized spacial score (nSPS) is 19.2. The highest BCUT2D eigenvalue weighted by Crippen LogP contribution is 2.11. The fourth-order valence-corrected chi connectivity index (χ4v) is 3.73. The number of nitrogens with zero attached hydrogens (tertiary/aromatic N) is 1. The Labute approximate surface area is 111 Å². The second kappa shape index (κ2) is 8.09. The van der Waals surface area contributed by atoms with Crippen LogP contribution in [0.3, 0.4) is 0 Å². The molecule has 108 valence electrons. The minimum atomic E-state index is -3.09. The summed E-state index contributed by atoms with van der Waals surface area (Å²) in [5.74, 6) is 0.225. The van der Waals surface area contributed by atoms with Gasteiger partial charge in [0, 0.05) is 6.04 Å². The Hall–Kier alpha value is -0.170. The van der Waals surface area contributed by atoms with E-state index in [2.05, 4.69) is 21.9 Å². The van der Waals surface area contributed by atoms with Gasteiger partial charge in [0.2, 0.25) is 10.0 Å². The Morgan fingerprint density at radius 2 is 1.94 bits per heavy atom. The van der Waals surface area contributed by atoms with Crippen molar-refractivity contribution in [3.8, 4) is 0 Å². The van der Waals surface area contributed by atoms with Crippen molar-refractivity contribution >= 4 is 10.0 Å². The molecule has 5 nitrogen and oxygen atoms in total. The lowest BCUT2D eigenvalue weighted by atomic mass is 10.1. The van der Waals surface area contributed by atoms with Gasteiger partial charge >= 0.3 is 0 Å². The average Bonchev–Trinajstić information content (AvgIpc) is 2.32. The highest BCUT2D eigenvalue weighted by atomic mass is 32.2. The van der Waals surface area contributed by atoms with Crippen molar-refractivity contribution in [3.63, 3.8) is 0 Å². The first kappa shape index (κ1) is 15.9. The van der Waals surface area contributed by atoms with Crippen molar-refractivity contribution < 1.29 is 8.42 Å². The molecule has 1 fully saturated rings. The maximum Gasteiger partial charge on any atom is 0.211 e. The zero-order valence-corrected chi connectivity index (χ0v) is 12.4. The summed E-state index contributed by atoms with van der Waals surface area (Å²) in [6, 6.07) is 0.137. The van der Waals surface area contributed by atoms with E-state index in [1.165, 1.54) is 6.42 Å². The van der Waals surface area contributed by atoms with E-state index in [1.807, 2.05) is 7.05 Å². The number of sulfonamides is 1. The van der Waals surface area contributed by atoms with E-state index in [4.69, 9.17) is 0 Å². The predicted octanol–water partition coefficient (Wildman–Crippen LogP) is 0.390. The Kier molecular flexibility index (Phi) is 7.14. The van der Waals surface area contributed by atoms with Crippen LogP contribution in [-0.2, 0) is 10.0 Å². The first-order chi connectivity index (χ1) is 8.57. The van der Waals surface area contributed by atoms with Crippen molar-refractivity contribution in [3.05, 3.63) is 0 Å². The molecule has 0 atom stereocenters. The van der Waals surface area contributed by atoms with E-state index in [0.717, 1.165) is 39.0 Å². The summed E-state index contributed by atoms with van der Waals surface area (Å²) in [4.78, 5) is 2.41. The van der Waals surface area contributed by atoms with Gasteiger partial charge in [-0.3, -0.25) is 0 Å². The van der Waals surface area contributed by atoms with Gasteiger partial charge in [-0.25, -0.2) is 13.1 Å². The molecule has 0 aliphatic carbocycles. The standard InChI is InChI=1S/C12H27N3O2S/c1-3-8-15-9-5-12(6-10-15)14-18(16,17)11-4-7-13-2/h12-14H,3-11H2,1-2H3. The first-order valence-electron chi connectivity index (χ1n) is 6.94. The van der Waals surface area contributed by atoms with Gasteiger partial charge < -0.3 is 10.2 Å². The highest BCUT2D eigenvalue weighted by molar-refractivity contribution is 7.89. The molecule has 0 aromatic heterocycles. The molecule has 6 heteroatoms. The van der Waals surface area contributed by atoms with Crippen LogP contribution in [0.15, 0.2) is 0 Å². The summed E-state index contributed by atoms with van der Waals surface area (Å²) in [7, 11) is -1.25. The number of rotatable bonds is 8. The molecule has 1 saturated heterocycles. The molecule has 0 spiro atoms. The van der Waals surface area contributed by atoms with Gasteiger partial charge in [-0.05, 0) is 58.9 Å². The zero-order chi connectivity index (χ0) is 13.4. The second-order valence-corrected chi connectivity index (χ2v) is 6.88. The van der Waals surface area contributed by atoms with Crippen LogP contribution in [0.2, 0.25) is 0 Å². The molecular formula is C12H27N3O2S. The largest absolute Gasteiger partial charge is 0.320 e. The van der Waals surface area contributed by atoms with Crippen LogP contribution in [0.5, 0.6) is 0 Å². The van der Waals surface area contributed by atoms with E-state index in [-0.39, 0.29) is 11.8 Å². The van der Waals surface area contributed by atoms with Gasteiger partial charge in [-0.1, -0.05) is 6.92 Å². The van der Waals surface area contributed by atoms with Crippen LogP contribution < -0.4 is 10.0 Å². The maximum atomic E-state index is 11.8. The lowest BCUT2D eigenvalue weighted by Gasteiger charge is -2.31. The zero-order valence-electron chi connectivity index (χ0n) is 11.6. The van der Waals surface area contributed by atoms with Crippen LogP contribution in [0.4, 0.5) is 0 Å². The smallest absolute Gasteiger partial charge is 0.211 e. The Balaban J connectivity index is 2.27. The van der Waals surface area contributed by atoms with Crippen LogP contribution in [0.1, 0.15) is 32.6 Å². The van der Waals surface area contributed by atoms with Crippen molar-refractivity contribution in [2.24, 2.45) is 0 Å². The maximum absolute atomic E-state index is 11.8. The number of hydrogen-bond acceptors (Lipinski definition) is 4. The third-order valence-corrected chi connectivity index (χ3v) is 4.83. The highest BCUT2D eigenvalue weighted by Gasteiger charge is 2.22. The molecule has 0 amide bonds. The molecule has 0 bridgehead atoms. The SMILES string of the molecule is CCCN1CCC(NS(=O)(=O)CCCNC)CC1. The number of piperidine rings is 1. The van der Waals surface area contributed by atoms with Crippen molar-refractivity contribution in [2.75, 3.05) is 39.0 Å². The minimum Gasteiger partial charge on any atom is -0.320 e. The quantitative estimate of drug-likeness (QED) is 0.630. The van der Waals surface area contributed by atoms with Crippen molar-refractivity contribution in [1.29, 1.82) is 0 Å². The van der Waals surface area contributed by atoms with Gasteiger partial charge in [-0.15, -0.1) is 0 Å². The third-order valence-electron chi connectivity index (χ3n) is 3.31. The number of hydrogen-bond donors (Lipinski definition) is 2. The molecule has 0 aromatic rings. The average molecular weight is 277 g/mol. The Morgan fingerprint density at radius 3 is 2.50 bits per heavy atom. The van der Waals surface area contributed by atoms with Crippen LogP contribution in [0, 0.1) is 0 Å². The van der Waals surface area contributed by atoms with Crippen LogP contribution >= 0.6 is 0 Å². The van der Waals surface area contributed by atoms with Gasteiger partial charge in [0.1, 0.15) is 0 Å². The first-order valence-corrected chi connectivity index (χ1v) is 8.59. The third kappa shape index (κ3) is 6.13. The molecule has 18 heavy (non-hydrogen) atoms. The fraction of sp³-hybridized carbons (Fsp3) is 1.00. The monoisotopic (exact) mass is 277 g/mol. The van der Waals surface area contributed by atoms with Gasteiger partial charge in [-0.2, -0.15) is 0 Å². The topological polar surface area (TPSA) is 61.4 Å². The summed E-state index contributed by atoms with van der Waals surface area (Å²) in [6.45, 7) is 6.07. The van der Waals surface area contributed by atoms with E-state index in [1.54, 1.807) is 0 Å². The van der Waals surface area contributed by atoms with Crippen molar-refractivity contribution in [2.45, 2.75) is 38.6 Å². The number of likely N-dealkylation sites (tertiary alicyclic amines) is 1. The summed E-state index contributed by atoms with van der Waals surface area (Å²) < 4.78 is 26.5. The second-order valence-electron chi connectivity index (χ2n) is 5.01. The molecule has 0 aromatic carbocycles. The fourth-order valence-electron chi connectivity index (χ4n) is 2.34. The molecule has 2 N–H and O–H groups in total. The summed E-state index contributed by atoms with van der Waals surface area (Å²) in [5.41, 5.74) is 0. The molecule has 1 heterocycles. The molecule has 1 rings (SSSR count). The molecule has 1 aliphatic rings. The number of nitrogens with one attached hydrogen (secondary N) is 2. The van der Waals surface area contributed by atoms with E-state index in [9.17, 15) is 8.42 Å². The van der Waals surface area contributed by atoms with Crippen LogP contribution in [-0.4, -0.2) is 58.3 Å². The summed E-state index contributed by atoms with van der Waals surface area (Å²) >= 11 is 0.